The van der Waals surface area contributed by atoms with Crippen LogP contribution < -0.4 is 5.32 Å². The number of nitrogens with zero attached hydrogens (tertiary/aromatic N) is 1. The van der Waals surface area contributed by atoms with Crippen molar-refractivity contribution in [3.63, 3.8) is 0 Å². The average Bonchev–Trinajstić information content (AvgIpc) is 2.25. The van der Waals surface area contributed by atoms with Gasteiger partial charge in [0, 0.05) is 16.7 Å². The van der Waals surface area contributed by atoms with E-state index in [2.05, 4.69) is 33.4 Å². The van der Waals surface area contributed by atoms with Crippen LogP contribution in [-0.2, 0) is 0 Å². The molecule has 16 heavy (non-hydrogen) atoms. The van der Waals surface area contributed by atoms with Crippen molar-refractivity contribution in [2.24, 2.45) is 5.41 Å². The number of halogens is 1. The number of hydrogen-bond acceptors (Lipinski definition) is 2. The third kappa shape index (κ3) is 4.67. The molecule has 0 aliphatic heterocycles. The Labute approximate surface area is 106 Å². The van der Waals surface area contributed by atoms with Crippen LogP contribution in [0.4, 0.5) is 5.69 Å². The van der Waals surface area contributed by atoms with Gasteiger partial charge in [-0.3, -0.25) is 0 Å². The Kier molecular flexibility index (Phi) is 4.82. The van der Waals surface area contributed by atoms with Crippen LogP contribution in [0, 0.1) is 16.7 Å². The van der Waals surface area contributed by atoms with Crippen LogP contribution in [0.2, 0.25) is 0 Å². The molecule has 1 aromatic rings. The first-order valence-corrected chi connectivity index (χ1v) is 6.23. The van der Waals surface area contributed by atoms with Gasteiger partial charge < -0.3 is 5.32 Å². The molecule has 0 spiro atoms. The van der Waals surface area contributed by atoms with Gasteiger partial charge >= 0.3 is 0 Å². The summed E-state index contributed by atoms with van der Waals surface area (Å²) >= 11 is 3.43. The molecule has 1 N–H and O–H groups in total. The first-order valence-electron chi connectivity index (χ1n) is 5.44. The quantitative estimate of drug-likeness (QED) is 0.821. The minimum atomic E-state index is -0.209. The van der Waals surface area contributed by atoms with Gasteiger partial charge in [-0.05, 0) is 44.9 Å². The Morgan fingerprint density at radius 1 is 1.44 bits per heavy atom. The fourth-order valence-electron chi connectivity index (χ4n) is 1.42. The van der Waals surface area contributed by atoms with Gasteiger partial charge in [-0.2, -0.15) is 5.26 Å². The van der Waals surface area contributed by atoms with Gasteiger partial charge in [0.25, 0.3) is 0 Å². The average molecular weight is 281 g/mol. The molecular weight excluding hydrogens is 264 g/mol. The summed E-state index contributed by atoms with van der Waals surface area (Å²) < 4.78 is 1.08. The number of anilines is 1. The van der Waals surface area contributed by atoms with Crippen molar-refractivity contribution in [1.82, 2.24) is 0 Å². The summed E-state index contributed by atoms with van der Waals surface area (Å²) in [5, 5.41) is 12.2. The topological polar surface area (TPSA) is 35.8 Å². The lowest BCUT2D eigenvalue weighted by molar-refractivity contribution is 0.441. The molecule has 1 aromatic carbocycles. The van der Waals surface area contributed by atoms with E-state index in [1.807, 2.05) is 32.0 Å². The lowest BCUT2D eigenvalue weighted by Gasteiger charge is -2.15. The van der Waals surface area contributed by atoms with Crippen molar-refractivity contribution in [3.8, 4) is 6.07 Å². The molecule has 0 amide bonds. The van der Waals surface area contributed by atoms with E-state index in [1.165, 1.54) is 0 Å². The smallest absolute Gasteiger partial charge is 0.0683 e. The Balaban J connectivity index is 2.29. The van der Waals surface area contributed by atoms with Gasteiger partial charge in [-0.15, -0.1) is 0 Å². The Hall–Kier alpha value is -1.01. The maximum absolute atomic E-state index is 8.87. The Bertz CT molecular complexity index is 380. The lowest BCUT2D eigenvalue weighted by Crippen LogP contribution is -2.11. The molecule has 0 heterocycles. The van der Waals surface area contributed by atoms with Crippen LogP contribution >= 0.6 is 15.9 Å². The van der Waals surface area contributed by atoms with Crippen LogP contribution in [0.3, 0.4) is 0 Å². The summed E-state index contributed by atoms with van der Waals surface area (Å²) in [4.78, 5) is 0. The molecule has 2 nitrogen and oxygen atoms in total. The number of nitriles is 1. The molecule has 0 radical (unpaired) electrons. The van der Waals surface area contributed by atoms with Gasteiger partial charge in [0.15, 0.2) is 0 Å². The van der Waals surface area contributed by atoms with Crippen molar-refractivity contribution in [2.45, 2.75) is 26.7 Å². The second kappa shape index (κ2) is 5.91. The van der Waals surface area contributed by atoms with Gasteiger partial charge in [0.2, 0.25) is 0 Å². The molecule has 0 aromatic heterocycles. The molecule has 3 heteroatoms. The summed E-state index contributed by atoms with van der Waals surface area (Å²) in [6.45, 7) is 4.86. The fourth-order valence-corrected chi connectivity index (χ4v) is 1.82. The van der Waals surface area contributed by atoms with Crippen LogP contribution in [0.15, 0.2) is 28.7 Å². The molecule has 0 fully saturated rings. The SMILES string of the molecule is CC(C)(C#N)CCCNc1cccc(Br)c1. The largest absolute Gasteiger partial charge is 0.385 e. The molecular formula is C13H17BrN2. The molecule has 0 saturated carbocycles. The van der Waals surface area contributed by atoms with Gasteiger partial charge in [-0.25, -0.2) is 0 Å². The molecule has 0 aliphatic rings. The maximum atomic E-state index is 8.87. The Morgan fingerprint density at radius 3 is 2.81 bits per heavy atom. The van der Waals surface area contributed by atoms with Gasteiger partial charge in [-0.1, -0.05) is 22.0 Å². The van der Waals surface area contributed by atoms with E-state index in [0.717, 1.165) is 29.5 Å². The van der Waals surface area contributed by atoms with Crippen LogP contribution in [-0.4, -0.2) is 6.54 Å². The van der Waals surface area contributed by atoms with Crippen molar-refractivity contribution < 1.29 is 0 Å². The molecule has 86 valence electrons. The highest BCUT2D eigenvalue weighted by molar-refractivity contribution is 9.10. The summed E-state index contributed by atoms with van der Waals surface area (Å²) in [7, 11) is 0. The molecule has 0 unspecified atom stereocenters. The highest BCUT2D eigenvalue weighted by atomic mass is 79.9. The third-order valence-electron chi connectivity index (χ3n) is 2.43. The van der Waals surface area contributed by atoms with Crippen molar-refractivity contribution >= 4 is 21.6 Å². The normalized spacial score (nSPS) is 10.9. The second-order valence-electron chi connectivity index (χ2n) is 4.54. The zero-order valence-electron chi connectivity index (χ0n) is 9.76. The number of benzene rings is 1. The van der Waals surface area contributed by atoms with E-state index in [-0.39, 0.29) is 5.41 Å². The van der Waals surface area contributed by atoms with E-state index in [1.54, 1.807) is 0 Å². The first kappa shape index (κ1) is 13.1. The minimum Gasteiger partial charge on any atom is -0.385 e. The van der Waals surface area contributed by atoms with E-state index in [4.69, 9.17) is 5.26 Å². The van der Waals surface area contributed by atoms with E-state index >= 15 is 0 Å². The predicted molar refractivity (Wildman–Crippen MR) is 71.3 cm³/mol. The molecule has 1 rings (SSSR count). The summed E-state index contributed by atoms with van der Waals surface area (Å²) in [5.74, 6) is 0. The lowest BCUT2D eigenvalue weighted by atomic mass is 9.90. The first-order chi connectivity index (χ1) is 7.53. The van der Waals surface area contributed by atoms with E-state index in [0.29, 0.717) is 0 Å². The summed E-state index contributed by atoms with van der Waals surface area (Å²) in [6.07, 6.45) is 1.93. The van der Waals surface area contributed by atoms with Crippen LogP contribution in [0.25, 0.3) is 0 Å². The van der Waals surface area contributed by atoms with Gasteiger partial charge in [0.05, 0.1) is 11.5 Å². The Morgan fingerprint density at radius 2 is 2.19 bits per heavy atom. The van der Waals surface area contributed by atoms with Crippen molar-refractivity contribution in [2.75, 3.05) is 11.9 Å². The monoisotopic (exact) mass is 280 g/mol. The van der Waals surface area contributed by atoms with Crippen LogP contribution in [0.1, 0.15) is 26.7 Å². The van der Waals surface area contributed by atoms with Crippen molar-refractivity contribution in [3.05, 3.63) is 28.7 Å². The molecule has 0 atom stereocenters. The minimum absolute atomic E-state index is 0.209. The standard InChI is InChI=1S/C13H17BrN2/c1-13(2,10-15)7-4-8-16-12-6-3-5-11(14)9-12/h3,5-6,9,16H,4,7-8H2,1-2H3. The number of hydrogen-bond donors (Lipinski definition) is 1. The summed E-state index contributed by atoms with van der Waals surface area (Å²) in [6, 6.07) is 10.4. The zero-order chi connectivity index (χ0) is 12.0. The third-order valence-corrected chi connectivity index (χ3v) is 2.93. The van der Waals surface area contributed by atoms with Crippen LogP contribution in [0.5, 0.6) is 0 Å². The summed E-state index contributed by atoms with van der Waals surface area (Å²) in [5.41, 5.74) is 0.906. The molecule has 0 aliphatic carbocycles. The highest BCUT2D eigenvalue weighted by Gasteiger charge is 2.15. The maximum Gasteiger partial charge on any atom is 0.0683 e. The zero-order valence-corrected chi connectivity index (χ0v) is 11.3. The highest BCUT2D eigenvalue weighted by Crippen LogP contribution is 2.21. The predicted octanol–water partition coefficient (Wildman–Crippen LogP) is 4.19. The van der Waals surface area contributed by atoms with E-state index < -0.39 is 0 Å². The number of nitrogens with one attached hydrogen (secondary N) is 1. The second-order valence-corrected chi connectivity index (χ2v) is 5.45. The fraction of sp³-hybridized carbons (Fsp3) is 0.462. The number of rotatable bonds is 5. The van der Waals surface area contributed by atoms with E-state index in [9.17, 15) is 0 Å². The molecule has 0 saturated heterocycles. The van der Waals surface area contributed by atoms with Crippen molar-refractivity contribution in [1.29, 1.82) is 5.26 Å². The molecule has 0 bridgehead atoms. The van der Waals surface area contributed by atoms with Gasteiger partial charge in [0.1, 0.15) is 0 Å².